The van der Waals surface area contributed by atoms with Crippen LogP contribution in [0.4, 0.5) is 0 Å². The summed E-state index contributed by atoms with van der Waals surface area (Å²) in [5.41, 5.74) is -0.112. The topological polar surface area (TPSA) is 46.7 Å². The number of ether oxygens (including phenoxy) is 1. The summed E-state index contributed by atoms with van der Waals surface area (Å²) < 4.78 is 4.99. The van der Waals surface area contributed by atoms with E-state index in [1.54, 1.807) is 0 Å². The summed E-state index contributed by atoms with van der Waals surface area (Å²) in [5.74, 6) is 2.57. The number of rotatable bonds is 4. The Bertz CT molecular complexity index is 373. The van der Waals surface area contributed by atoms with Crippen LogP contribution >= 0.6 is 0 Å². The van der Waals surface area contributed by atoms with Crippen LogP contribution in [-0.2, 0) is 14.3 Å². The fraction of sp³-hybridized carbons (Fsp3) is 0.867. The van der Waals surface area contributed by atoms with Crippen LogP contribution in [-0.4, -0.2) is 24.3 Å². The summed E-state index contributed by atoms with van der Waals surface area (Å²) >= 11 is 0. The van der Waals surface area contributed by atoms with E-state index < -0.39 is 0 Å². The van der Waals surface area contributed by atoms with E-state index in [2.05, 4.69) is 0 Å². The predicted octanol–water partition coefficient (Wildman–Crippen LogP) is 2.13. The minimum Gasteiger partial charge on any atom is -0.365 e. The van der Waals surface area contributed by atoms with Gasteiger partial charge >= 0.3 is 0 Å². The van der Waals surface area contributed by atoms with Gasteiger partial charge in [0.15, 0.2) is 5.78 Å². The summed E-state index contributed by atoms with van der Waals surface area (Å²) in [7, 11) is 0. The Balaban J connectivity index is 1.52. The van der Waals surface area contributed by atoms with Crippen LogP contribution in [0, 0.1) is 23.2 Å². The molecule has 4 aliphatic carbocycles. The summed E-state index contributed by atoms with van der Waals surface area (Å²) in [6.07, 6.45) is 7.11. The highest BCUT2D eigenvalue weighted by molar-refractivity contribution is 6.04. The fourth-order valence-corrected chi connectivity index (χ4v) is 5.15. The zero-order valence-corrected chi connectivity index (χ0v) is 10.7. The zero-order chi connectivity index (χ0) is 12.3. The van der Waals surface area contributed by atoms with Crippen molar-refractivity contribution in [2.75, 3.05) is 6.61 Å². The van der Waals surface area contributed by atoms with Crippen LogP contribution in [0.5, 0.6) is 0 Å². The molecule has 3 nitrogen and oxygen atoms in total. The van der Waals surface area contributed by atoms with Gasteiger partial charge in [0.1, 0.15) is 11.9 Å². The van der Waals surface area contributed by atoms with Gasteiger partial charge in [0.2, 0.25) is 0 Å². The van der Waals surface area contributed by atoms with E-state index in [-0.39, 0.29) is 29.5 Å². The molecular formula is C15H20O3. The number of hydrogen-bond acceptors (Lipinski definition) is 3. The fourth-order valence-electron chi connectivity index (χ4n) is 5.15. The zero-order valence-electron chi connectivity index (χ0n) is 10.7. The lowest BCUT2D eigenvalue weighted by molar-refractivity contribution is -0.146. The molecule has 1 saturated heterocycles. The molecule has 0 N–H and O–H groups in total. The van der Waals surface area contributed by atoms with E-state index in [9.17, 15) is 9.59 Å². The van der Waals surface area contributed by atoms with Crippen molar-refractivity contribution >= 4 is 11.6 Å². The van der Waals surface area contributed by atoms with Crippen LogP contribution in [0.3, 0.4) is 0 Å². The molecule has 98 valence electrons. The van der Waals surface area contributed by atoms with E-state index in [0.29, 0.717) is 6.61 Å². The Kier molecular flexibility index (Phi) is 2.27. The van der Waals surface area contributed by atoms with Gasteiger partial charge < -0.3 is 4.74 Å². The highest BCUT2D eigenvalue weighted by atomic mass is 16.6. The second-order valence-electron chi connectivity index (χ2n) is 7.09. The van der Waals surface area contributed by atoms with Crippen LogP contribution in [0.2, 0.25) is 0 Å². The lowest BCUT2D eigenvalue weighted by Gasteiger charge is -2.56. The second kappa shape index (κ2) is 3.66. The molecular weight excluding hydrogens is 228 g/mol. The number of ketones is 2. The first-order valence-corrected chi connectivity index (χ1v) is 7.32. The van der Waals surface area contributed by atoms with Crippen molar-refractivity contribution in [3.63, 3.8) is 0 Å². The van der Waals surface area contributed by atoms with E-state index >= 15 is 0 Å². The average Bonchev–Trinajstić information content (AvgIpc) is 3.10. The minimum atomic E-state index is -0.247. The molecule has 0 aromatic carbocycles. The number of carbonyl (C=O) groups is 2. The van der Waals surface area contributed by atoms with Gasteiger partial charge in [-0.15, -0.1) is 0 Å². The van der Waals surface area contributed by atoms with Crippen molar-refractivity contribution in [3.8, 4) is 0 Å². The molecule has 1 atom stereocenters. The molecule has 0 aromatic rings. The third-order valence-corrected chi connectivity index (χ3v) is 5.66. The van der Waals surface area contributed by atoms with E-state index in [1.807, 2.05) is 0 Å². The molecule has 0 aromatic heterocycles. The number of epoxide rings is 1. The van der Waals surface area contributed by atoms with Gasteiger partial charge in [-0.05, 0) is 56.3 Å². The van der Waals surface area contributed by atoms with Crippen LogP contribution < -0.4 is 0 Å². The maximum absolute atomic E-state index is 12.6. The van der Waals surface area contributed by atoms with Crippen LogP contribution in [0.15, 0.2) is 0 Å². The number of Topliss-reactive ketones (excluding diaryl/α,β-unsaturated/α-hetero) is 2. The van der Waals surface area contributed by atoms with Gasteiger partial charge in [0.05, 0.1) is 13.0 Å². The van der Waals surface area contributed by atoms with Crippen molar-refractivity contribution in [1.29, 1.82) is 0 Å². The smallest absolute Gasteiger partial charge is 0.171 e. The van der Waals surface area contributed by atoms with Crippen molar-refractivity contribution in [2.45, 2.75) is 51.0 Å². The summed E-state index contributed by atoms with van der Waals surface area (Å²) in [5, 5.41) is 0. The summed E-state index contributed by atoms with van der Waals surface area (Å²) in [6, 6.07) is 0. The Morgan fingerprint density at radius 3 is 1.94 bits per heavy atom. The van der Waals surface area contributed by atoms with Gasteiger partial charge in [-0.25, -0.2) is 0 Å². The second-order valence-corrected chi connectivity index (χ2v) is 7.09. The summed E-state index contributed by atoms with van der Waals surface area (Å²) in [4.78, 5) is 24.3. The third-order valence-electron chi connectivity index (χ3n) is 5.66. The molecule has 5 aliphatic rings. The highest BCUT2D eigenvalue weighted by Gasteiger charge is 2.54. The number of hydrogen-bond donors (Lipinski definition) is 0. The van der Waals surface area contributed by atoms with Gasteiger partial charge in [-0.1, -0.05) is 0 Å². The third kappa shape index (κ3) is 1.67. The largest absolute Gasteiger partial charge is 0.365 e. The normalized spacial score (nSPS) is 48.2. The first-order valence-electron chi connectivity index (χ1n) is 7.32. The van der Waals surface area contributed by atoms with Gasteiger partial charge in [-0.2, -0.15) is 0 Å². The molecule has 18 heavy (non-hydrogen) atoms. The van der Waals surface area contributed by atoms with E-state index in [4.69, 9.17) is 4.74 Å². The molecule has 1 aliphatic heterocycles. The molecule has 5 rings (SSSR count). The standard InChI is InChI=1S/C15H20O3/c16-12(13-8-18-13)4-14(17)15-5-9-1-10(6-15)3-11(2-9)7-15/h9-11,13H,1-8H2. The lowest BCUT2D eigenvalue weighted by atomic mass is 9.48. The van der Waals surface area contributed by atoms with Gasteiger partial charge in [0, 0.05) is 5.41 Å². The average molecular weight is 248 g/mol. The molecule has 0 amide bonds. The van der Waals surface area contributed by atoms with Crippen molar-refractivity contribution < 1.29 is 14.3 Å². The maximum atomic E-state index is 12.6. The van der Waals surface area contributed by atoms with Crippen LogP contribution in [0.1, 0.15) is 44.9 Å². The van der Waals surface area contributed by atoms with Crippen LogP contribution in [0.25, 0.3) is 0 Å². The predicted molar refractivity (Wildman–Crippen MR) is 65.0 cm³/mol. The molecule has 4 saturated carbocycles. The monoisotopic (exact) mass is 248 g/mol. The van der Waals surface area contributed by atoms with Gasteiger partial charge in [0.25, 0.3) is 0 Å². The molecule has 1 heterocycles. The molecule has 0 spiro atoms. The Morgan fingerprint density at radius 2 is 1.50 bits per heavy atom. The van der Waals surface area contributed by atoms with Crippen molar-refractivity contribution in [1.82, 2.24) is 0 Å². The molecule has 5 fully saturated rings. The van der Waals surface area contributed by atoms with Gasteiger partial charge in [-0.3, -0.25) is 9.59 Å². The van der Waals surface area contributed by atoms with Crippen molar-refractivity contribution in [3.05, 3.63) is 0 Å². The SMILES string of the molecule is O=C(CC(=O)C12CC3CC(CC(C3)C1)C2)C1CO1. The summed E-state index contributed by atoms with van der Waals surface area (Å²) in [6.45, 7) is 0.535. The van der Waals surface area contributed by atoms with Crippen molar-refractivity contribution in [2.24, 2.45) is 23.2 Å². The lowest BCUT2D eigenvalue weighted by Crippen LogP contribution is -2.50. The number of carbonyl (C=O) groups excluding carboxylic acids is 2. The highest BCUT2D eigenvalue weighted by Crippen LogP contribution is 2.60. The molecule has 3 heteroatoms. The Labute approximate surface area is 107 Å². The first-order chi connectivity index (χ1) is 8.64. The molecule has 1 unspecified atom stereocenters. The Morgan fingerprint density at radius 1 is 1.00 bits per heavy atom. The Hall–Kier alpha value is -0.700. The van der Waals surface area contributed by atoms with E-state index in [0.717, 1.165) is 37.0 Å². The minimum absolute atomic E-state index is 0.0238. The quantitative estimate of drug-likeness (QED) is 0.565. The first kappa shape index (κ1) is 11.2. The van der Waals surface area contributed by atoms with E-state index in [1.165, 1.54) is 19.3 Å². The maximum Gasteiger partial charge on any atom is 0.171 e. The molecule has 4 bridgehead atoms. The molecule has 0 radical (unpaired) electrons.